The number of carbonyl (C=O) groups is 1. The Morgan fingerprint density at radius 3 is 2.46 bits per heavy atom. The van der Waals surface area contributed by atoms with E-state index in [-0.39, 0.29) is 6.61 Å². The van der Waals surface area contributed by atoms with Crippen LogP contribution in [0.3, 0.4) is 0 Å². The number of halogens is 1. The number of pyridine rings is 1. The second-order valence-electron chi connectivity index (χ2n) is 8.00. The molecule has 35 heavy (non-hydrogen) atoms. The van der Waals surface area contributed by atoms with Crippen LogP contribution in [0.1, 0.15) is 31.0 Å². The molecule has 6 nitrogen and oxygen atoms in total. The molecule has 0 radical (unpaired) electrons. The van der Waals surface area contributed by atoms with Crippen molar-refractivity contribution in [1.82, 2.24) is 4.98 Å². The van der Waals surface area contributed by atoms with Crippen LogP contribution in [0.25, 0.3) is 10.9 Å². The van der Waals surface area contributed by atoms with Crippen LogP contribution in [-0.2, 0) is 18.0 Å². The van der Waals surface area contributed by atoms with Crippen LogP contribution in [0.4, 0.5) is 0 Å². The Kier molecular flexibility index (Phi) is 8.06. The lowest BCUT2D eigenvalue weighted by atomic mass is 10.2. The van der Waals surface area contributed by atoms with Gasteiger partial charge in [-0.3, -0.25) is 0 Å². The molecule has 4 aromatic rings. The molecule has 3 aromatic carbocycles. The molecule has 1 atom stereocenters. The first-order valence-electron chi connectivity index (χ1n) is 11.4. The SMILES string of the molecule is CCCC(Oc1cccc(Cl)c1COc1cccc(OCc2ccc3ccccc3n2)c1)C(=O)O. The number of fused-ring (bicyclic) bond motifs is 1. The minimum absolute atomic E-state index is 0.114. The maximum absolute atomic E-state index is 11.5. The maximum atomic E-state index is 11.5. The molecule has 1 aromatic heterocycles. The standard InChI is InChI=1S/C28H26ClNO5/c1-2-7-27(28(31)32)35-26-13-6-11-24(29)23(26)18-34-22-10-5-9-21(16-22)33-17-20-15-14-19-8-3-4-12-25(19)30-20/h3-6,8-16,27H,2,7,17-18H2,1H3,(H,31,32). The lowest BCUT2D eigenvalue weighted by molar-refractivity contribution is -0.145. The number of nitrogens with zero attached hydrogens (tertiary/aromatic N) is 1. The zero-order valence-electron chi connectivity index (χ0n) is 19.3. The summed E-state index contributed by atoms with van der Waals surface area (Å²) in [6.45, 7) is 2.35. The number of aromatic nitrogens is 1. The molecule has 0 aliphatic rings. The third kappa shape index (κ3) is 6.43. The van der Waals surface area contributed by atoms with E-state index >= 15 is 0 Å². The quantitative estimate of drug-likeness (QED) is 0.252. The molecule has 7 heteroatoms. The summed E-state index contributed by atoms with van der Waals surface area (Å²) in [6, 6.07) is 24.3. The van der Waals surface area contributed by atoms with Gasteiger partial charge in [-0.05, 0) is 42.8 Å². The summed E-state index contributed by atoms with van der Waals surface area (Å²) in [4.78, 5) is 16.2. The number of carboxylic acids is 1. The van der Waals surface area contributed by atoms with Crippen LogP contribution < -0.4 is 14.2 Å². The van der Waals surface area contributed by atoms with Crippen molar-refractivity contribution in [3.63, 3.8) is 0 Å². The third-order valence-electron chi connectivity index (χ3n) is 5.40. The molecule has 4 rings (SSSR count). The van der Waals surface area contributed by atoms with Crippen LogP contribution in [0.2, 0.25) is 5.02 Å². The number of hydrogen-bond acceptors (Lipinski definition) is 5. The van der Waals surface area contributed by atoms with Gasteiger partial charge in [0.25, 0.3) is 0 Å². The van der Waals surface area contributed by atoms with Gasteiger partial charge in [0.15, 0.2) is 6.10 Å². The Bertz CT molecular complexity index is 1310. The number of ether oxygens (including phenoxy) is 3. The molecule has 0 saturated heterocycles. The van der Waals surface area contributed by atoms with Crippen molar-refractivity contribution in [3.05, 3.63) is 95.1 Å². The first-order valence-corrected chi connectivity index (χ1v) is 11.8. The predicted octanol–water partition coefficient (Wildman–Crippen LogP) is 6.68. The molecule has 0 bridgehead atoms. The number of hydrogen-bond donors (Lipinski definition) is 1. The van der Waals surface area contributed by atoms with Gasteiger partial charge in [-0.2, -0.15) is 0 Å². The second kappa shape index (κ2) is 11.6. The first kappa shape index (κ1) is 24.4. The lowest BCUT2D eigenvalue weighted by Gasteiger charge is -2.18. The summed E-state index contributed by atoms with van der Waals surface area (Å²) in [5.41, 5.74) is 2.34. The minimum Gasteiger partial charge on any atom is -0.489 e. The van der Waals surface area contributed by atoms with Gasteiger partial charge >= 0.3 is 5.97 Å². The fraction of sp³-hybridized carbons (Fsp3) is 0.214. The van der Waals surface area contributed by atoms with Gasteiger partial charge < -0.3 is 19.3 Å². The summed E-state index contributed by atoms with van der Waals surface area (Å²) in [5, 5.41) is 11.0. The summed E-state index contributed by atoms with van der Waals surface area (Å²) in [5.74, 6) is 0.614. The highest BCUT2D eigenvalue weighted by Gasteiger charge is 2.21. The molecule has 0 saturated carbocycles. The van der Waals surface area contributed by atoms with E-state index in [2.05, 4.69) is 4.98 Å². The molecule has 1 unspecified atom stereocenters. The van der Waals surface area contributed by atoms with E-state index in [1.54, 1.807) is 24.3 Å². The summed E-state index contributed by atoms with van der Waals surface area (Å²) in [7, 11) is 0. The summed E-state index contributed by atoms with van der Waals surface area (Å²) >= 11 is 6.39. The number of carboxylic acid groups (broad SMARTS) is 1. The summed E-state index contributed by atoms with van der Waals surface area (Å²) < 4.78 is 17.6. The highest BCUT2D eigenvalue weighted by Crippen LogP contribution is 2.30. The number of benzene rings is 3. The van der Waals surface area contributed by atoms with Crippen molar-refractivity contribution in [2.24, 2.45) is 0 Å². The molecule has 0 fully saturated rings. The average Bonchev–Trinajstić information content (AvgIpc) is 2.87. The second-order valence-corrected chi connectivity index (χ2v) is 8.40. The maximum Gasteiger partial charge on any atom is 0.344 e. The molecular formula is C28H26ClNO5. The Morgan fingerprint density at radius 2 is 1.69 bits per heavy atom. The smallest absolute Gasteiger partial charge is 0.344 e. The van der Waals surface area contributed by atoms with Gasteiger partial charge in [0.1, 0.15) is 30.5 Å². The van der Waals surface area contributed by atoms with E-state index in [4.69, 9.17) is 25.8 Å². The highest BCUT2D eigenvalue weighted by molar-refractivity contribution is 6.31. The molecule has 0 amide bonds. The normalized spacial score (nSPS) is 11.7. The third-order valence-corrected chi connectivity index (χ3v) is 5.76. The van der Waals surface area contributed by atoms with Crippen LogP contribution in [0.5, 0.6) is 17.2 Å². The first-order chi connectivity index (χ1) is 17.0. The van der Waals surface area contributed by atoms with Crippen molar-refractivity contribution in [1.29, 1.82) is 0 Å². The minimum atomic E-state index is -1.01. The van der Waals surface area contributed by atoms with E-state index in [0.29, 0.717) is 47.3 Å². The topological polar surface area (TPSA) is 77.9 Å². The Balaban J connectivity index is 1.42. The molecule has 0 aliphatic carbocycles. The van der Waals surface area contributed by atoms with Crippen molar-refractivity contribution < 1.29 is 24.1 Å². The monoisotopic (exact) mass is 491 g/mol. The Morgan fingerprint density at radius 1 is 0.943 bits per heavy atom. The van der Waals surface area contributed by atoms with Crippen molar-refractivity contribution >= 4 is 28.5 Å². The van der Waals surface area contributed by atoms with Crippen LogP contribution in [-0.4, -0.2) is 22.2 Å². The van der Waals surface area contributed by atoms with Gasteiger partial charge in [0.2, 0.25) is 0 Å². The fourth-order valence-electron chi connectivity index (χ4n) is 3.59. The van der Waals surface area contributed by atoms with E-state index in [1.165, 1.54) is 0 Å². The van der Waals surface area contributed by atoms with E-state index < -0.39 is 12.1 Å². The van der Waals surface area contributed by atoms with E-state index in [1.807, 2.05) is 61.5 Å². The average molecular weight is 492 g/mol. The molecular weight excluding hydrogens is 466 g/mol. The van der Waals surface area contributed by atoms with Gasteiger partial charge in [0.05, 0.1) is 21.8 Å². The molecule has 180 valence electrons. The van der Waals surface area contributed by atoms with Crippen molar-refractivity contribution in [3.8, 4) is 17.2 Å². The number of para-hydroxylation sites is 1. The number of rotatable bonds is 11. The lowest BCUT2D eigenvalue weighted by Crippen LogP contribution is -2.27. The van der Waals surface area contributed by atoms with Gasteiger partial charge in [-0.15, -0.1) is 0 Å². The van der Waals surface area contributed by atoms with Gasteiger partial charge in [-0.25, -0.2) is 9.78 Å². The van der Waals surface area contributed by atoms with E-state index in [0.717, 1.165) is 16.6 Å². The molecule has 0 spiro atoms. The van der Waals surface area contributed by atoms with E-state index in [9.17, 15) is 9.90 Å². The van der Waals surface area contributed by atoms with Gasteiger partial charge in [0, 0.05) is 11.5 Å². The number of aliphatic carboxylic acids is 1. The fourth-order valence-corrected chi connectivity index (χ4v) is 3.81. The van der Waals surface area contributed by atoms with Crippen molar-refractivity contribution in [2.45, 2.75) is 39.1 Å². The van der Waals surface area contributed by atoms with Crippen LogP contribution in [0.15, 0.2) is 78.9 Å². The predicted molar refractivity (Wildman–Crippen MR) is 135 cm³/mol. The van der Waals surface area contributed by atoms with Crippen molar-refractivity contribution in [2.75, 3.05) is 0 Å². The molecule has 0 aliphatic heterocycles. The van der Waals surface area contributed by atoms with Crippen LogP contribution >= 0.6 is 11.6 Å². The zero-order valence-corrected chi connectivity index (χ0v) is 20.1. The van der Waals surface area contributed by atoms with Gasteiger partial charge in [-0.1, -0.05) is 61.3 Å². The van der Waals surface area contributed by atoms with Crippen LogP contribution in [0, 0.1) is 0 Å². The summed E-state index contributed by atoms with van der Waals surface area (Å²) in [6.07, 6.45) is 0.135. The highest BCUT2D eigenvalue weighted by atomic mass is 35.5. The molecule has 1 N–H and O–H groups in total. The zero-order chi connectivity index (χ0) is 24.6. The Hall–Kier alpha value is -3.77. The largest absolute Gasteiger partial charge is 0.489 e. The molecule has 1 heterocycles. The Labute approximate surface area is 209 Å².